The van der Waals surface area contributed by atoms with Crippen LogP contribution in [0.1, 0.15) is 41.8 Å². The van der Waals surface area contributed by atoms with Crippen LogP contribution in [0.5, 0.6) is 0 Å². The zero-order valence-electron chi connectivity index (χ0n) is 12.4. The minimum absolute atomic E-state index is 0.0676. The molecule has 20 heavy (non-hydrogen) atoms. The number of esters is 1. The molecule has 3 N–H and O–H groups in total. The van der Waals surface area contributed by atoms with Gasteiger partial charge >= 0.3 is 5.97 Å². The molecular weight excluding hydrogens is 256 g/mol. The van der Waals surface area contributed by atoms with Gasteiger partial charge in [-0.2, -0.15) is 0 Å². The number of carbonyl (C=O) groups is 2. The van der Waals surface area contributed by atoms with Gasteiger partial charge in [0.1, 0.15) is 0 Å². The Kier molecular flexibility index (Phi) is 5.55. The first kappa shape index (κ1) is 16.0. The molecule has 0 fully saturated rings. The highest BCUT2D eigenvalue weighted by Gasteiger charge is 2.14. The lowest BCUT2D eigenvalue weighted by Crippen LogP contribution is -2.35. The van der Waals surface area contributed by atoms with Crippen LogP contribution in [0.4, 0.5) is 5.69 Å². The van der Waals surface area contributed by atoms with E-state index in [2.05, 4.69) is 5.32 Å². The molecule has 0 bridgehead atoms. The minimum atomic E-state index is -0.534. The quantitative estimate of drug-likeness (QED) is 0.637. The Bertz CT molecular complexity index is 512. The van der Waals surface area contributed by atoms with E-state index in [9.17, 15) is 9.59 Å². The molecule has 0 saturated heterocycles. The summed E-state index contributed by atoms with van der Waals surface area (Å²) in [5, 5.41) is 2.73. The maximum Gasteiger partial charge on any atom is 0.338 e. The number of rotatable bonds is 5. The third kappa shape index (κ3) is 4.26. The van der Waals surface area contributed by atoms with E-state index in [0.717, 1.165) is 17.5 Å². The van der Waals surface area contributed by atoms with Crippen molar-refractivity contribution >= 4 is 17.6 Å². The lowest BCUT2D eigenvalue weighted by molar-refractivity contribution is -0.124. The van der Waals surface area contributed by atoms with Gasteiger partial charge in [-0.25, -0.2) is 4.79 Å². The molecule has 0 heterocycles. The van der Waals surface area contributed by atoms with E-state index >= 15 is 0 Å². The van der Waals surface area contributed by atoms with Gasteiger partial charge in [-0.05, 0) is 44.4 Å². The number of aryl methyl sites for hydroxylation is 2. The van der Waals surface area contributed by atoms with Crippen LogP contribution in [0.15, 0.2) is 12.1 Å². The smallest absolute Gasteiger partial charge is 0.338 e. The van der Waals surface area contributed by atoms with Crippen LogP contribution in [0.3, 0.4) is 0 Å². The first-order chi connectivity index (χ1) is 9.35. The Morgan fingerprint density at radius 1 is 1.30 bits per heavy atom. The number of carbonyl (C=O) groups excluding carboxylic acids is 2. The topological polar surface area (TPSA) is 81.4 Å². The van der Waals surface area contributed by atoms with Crippen LogP contribution in [-0.4, -0.2) is 24.5 Å². The molecule has 0 radical (unpaired) electrons. The molecule has 5 nitrogen and oxygen atoms in total. The average molecular weight is 278 g/mol. The summed E-state index contributed by atoms with van der Waals surface area (Å²) in [5.41, 5.74) is 8.40. The standard InChI is InChI=1S/C15H22N2O3/c1-5-11(4)17-14(18)8-20-15(19)12-7-13(16)10(3)6-9(12)2/h6-7,11H,5,8,16H2,1-4H3,(H,17,18). The predicted molar refractivity (Wildman–Crippen MR) is 78.5 cm³/mol. The second-order valence-electron chi connectivity index (χ2n) is 4.98. The summed E-state index contributed by atoms with van der Waals surface area (Å²) in [4.78, 5) is 23.5. The lowest BCUT2D eigenvalue weighted by atomic mass is 10.0. The molecule has 1 aromatic rings. The number of benzene rings is 1. The van der Waals surface area contributed by atoms with E-state index in [1.54, 1.807) is 6.07 Å². The maximum atomic E-state index is 11.9. The molecule has 0 aromatic heterocycles. The summed E-state index contributed by atoms with van der Waals surface area (Å²) < 4.78 is 5.00. The van der Waals surface area contributed by atoms with Crippen LogP contribution < -0.4 is 11.1 Å². The van der Waals surface area contributed by atoms with Gasteiger partial charge in [-0.3, -0.25) is 4.79 Å². The second kappa shape index (κ2) is 6.93. The molecule has 0 spiro atoms. The largest absolute Gasteiger partial charge is 0.452 e. The van der Waals surface area contributed by atoms with E-state index in [4.69, 9.17) is 10.5 Å². The number of nitrogens with one attached hydrogen (secondary N) is 1. The summed E-state index contributed by atoms with van der Waals surface area (Å²) in [6.45, 7) is 7.26. The highest BCUT2D eigenvalue weighted by molar-refractivity contribution is 5.93. The van der Waals surface area contributed by atoms with Crippen molar-refractivity contribution in [1.82, 2.24) is 5.32 Å². The molecule has 1 amide bonds. The molecule has 110 valence electrons. The van der Waals surface area contributed by atoms with E-state index in [0.29, 0.717) is 11.3 Å². The molecule has 5 heteroatoms. The highest BCUT2D eigenvalue weighted by atomic mass is 16.5. The van der Waals surface area contributed by atoms with Crippen LogP contribution in [0, 0.1) is 13.8 Å². The highest BCUT2D eigenvalue weighted by Crippen LogP contribution is 2.18. The van der Waals surface area contributed by atoms with Crippen molar-refractivity contribution in [3.8, 4) is 0 Å². The average Bonchev–Trinajstić information content (AvgIpc) is 2.40. The van der Waals surface area contributed by atoms with Crippen molar-refractivity contribution < 1.29 is 14.3 Å². The number of ether oxygens (including phenoxy) is 1. The van der Waals surface area contributed by atoms with Crippen molar-refractivity contribution in [3.63, 3.8) is 0 Å². The van der Waals surface area contributed by atoms with Crippen LogP contribution >= 0.6 is 0 Å². The number of nitrogen functional groups attached to an aromatic ring is 1. The summed E-state index contributed by atoms with van der Waals surface area (Å²) in [6.07, 6.45) is 0.827. The van der Waals surface area contributed by atoms with Gasteiger partial charge in [0, 0.05) is 11.7 Å². The van der Waals surface area contributed by atoms with Crippen LogP contribution in [-0.2, 0) is 9.53 Å². The third-order valence-corrected chi connectivity index (χ3v) is 3.19. The third-order valence-electron chi connectivity index (χ3n) is 3.19. The first-order valence-corrected chi connectivity index (χ1v) is 6.68. The summed E-state index contributed by atoms with van der Waals surface area (Å²) in [7, 11) is 0. The first-order valence-electron chi connectivity index (χ1n) is 6.68. The predicted octanol–water partition coefficient (Wildman–Crippen LogP) is 1.96. The van der Waals surface area contributed by atoms with Crippen LogP contribution in [0.25, 0.3) is 0 Å². The zero-order valence-corrected chi connectivity index (χ0v) is 12.4. The lowest BCUT2D eigenvalue weighted by Gasteiger charge is -2.12. The zero-order chi connectivity index (χ0) is 15.3. The molecule has 0 aliphatic heterocycles. The number of hydrogen-bond donors (Lipinski definition) is 2. The number of hydrogen-bond acceptors (Lipinski definition) is 4. The Morgan fingerprint density at radius 2 is 1.95 bits per heavy atom. The fraction of sp³-hybridized carbons (Fsp3) is 0.467. The van der Waals surface area contributed by atoms with Gasteiger partial charge in [-0.15, -0.1) is 0 Å². The SMILES string of the molecule is CCC(C)NC(=O)COC(=O)c1cc(N)c(C)cc1C. The Hall–Kier alpha value is -2.04. The normalized spacial score (nSPS) is 11.8. The molecule has 0 aliphatic rings. The molecule has 0 aliphatic carbocycles. The maximum absolute atomic E-state index is 11.9. The van der Waals surface area contributed by atoms with Crippen molar-refractivity contribution in [3.05, 3.63) is 28.8 Å². The van der Waals surface area contributed by atoms with Gasteiger partial charge in [-0.1, -0.05) is 13.0 Å². The summed E-state index contributed by atoms with van der Waals surface area (Å²) in [5.74, 6) is -0.834. The molecule has 1 atom stereocenters. The van der Waals surface area contributed by atoms with Gasteiger partial charge < -0.3 is 15.8 Å². The Morgan fingerprint density at radius 3 is 2.55 bits per heavy atom. The molecule has 1 rings (SSSR count). The van der Waals surface area contributed by atoms with Crippen molar-refractivity contribution in [2.75, 3.05) is 12.3 Å². The molecule has 0 saturated carbocycles. The van der Waals surface area contributed by atoms with Crippen LogP contribution in [0.2, 0.25) is 0 Å². The van der Waals surface area contributed by atoms with Gasteiger partial charge in [0.05, 0.1) is 5.56 Å². The fourth-order valence-corrected chi connectivity index (χ4v) is 1.72. The number of nitrogens with two attached hydrogens (primary N) is 1. The minimum Gasteiger partial charge on any atom is -0.452 e. The van der Waals surface area contributed by atoms with E-state index in [-0.39, 0.29) is 18.6 Å². The monoisotopic (exact) mass is 278 g/mol. The second-order valence-corrected chi connectivity index (χ2v) is 4.98. The Labute approximate surface area is 119 Å². The van der Waals surface area contributed by atoms with Crippen molar-refractivity contribution in [2.24, 2.45) is 0 Å². The summed E-state index contributed by atoms with van der Waals surface area (Å²) in [6, 6.07) is 3.48. The van der Waals surface area contributed by atoms with Crippen molar-refractivity contribution in [1.29, 1.82) is 0 Å². The van der Waals surface area contributed by atoms with Gasteiger partial charge in [0.15, 0.2) is 6.61 Å². The van der Waals surface area contributed by atoms with Gasteiger partial charge in [0.2, 0.25) is 0 Å². The number of amides is 1. The summed E-state index contributed by atoms with van der Waals surface area (Å²) >= 11 is 0. The van der Waals surface area contributed by atoms with Crippen molar-refractivity contribution in [2.45, 2.75) is 40.2 Å². The number of anilines is 1. The molecular formula is C15H22N2O3. The fourth-order valence-electron chi connectivity index (χ4n) is 1.72. The van der Waals surface area contributed by atoms with E-state index < -0.39 is 5.97 Å². The Balaban J connectivity index is 2.64. The molecule has 1 unspecified atom stereocenters. The molecule has 1 aromatic carbocycles. The van der Waals surface area contributed by atoms with E-state index in [1.807, 2.05) is 33.8 Å². The van der Waals surface area contributed by atoms with E-state index in [1.165, 1.54) is 0 Å². The van der Waals surface area contributed by atoms with Gasteiger partial charge in [0.25, 0.3) is 5.91 Å².